The van der Waals surface area contributed by atoms with Crippen molar-refractivity contribution in [3.63, 3.8) is 0 Å². The summed E-state index contributed by atoms with van der Waals surface area (Å²) in [5.74, 6) is 0.701. The van der Waals surface area contributed by atoms with Crippen LogP contribution in [-0.2, 0) is 6.54 Å². The van der Waals surface area contributed by atoms with Crippen LogP contribution in [0.4, 0.5) is 4.39 Å². The number of rotatable bonds is 6. The molecule has 0 N–H and O–H groups in total. The summed E-state index contributed by atoms with van der Waals surface area (Å²) in [6.45, 7) is 0.843. The fraction of sp³-hybridized carbons (Fsp3) is 0.308. The Hall–Kier alpha value is -3.25. The lowest BCUT2D eigenvalue weighted by Crippen LogP contribution is -2.37. The van der Waals surface area contributed by atoms with Crippen molar-refractivity contribution in [3.05, 3.63) is 84.7 Å². The number of aromatic nitrogens is 3. The summed E-state index contributed by atoms with van der Waals surface area (Å²) in [5.41, 5.74) is 2.02. The molecule has 2 heterocycles. The molecule has 4 aromatic rings. The Labute approximate surface area is 187 Å². The van der Waals surface area contributed by atoms with Crippen LogP contribution in [0.15, 0.2) is 73.3 Å². The van der Waals surface area contributed by atoms with E-state index in [1.54, 1.807) is 16.8 Å². The smallest absolute Gasteiger partial charge is 0.123 e. The van der Waals surface area contributed by atoms with E-state index in [4.69, 9.17) is 4.74 Å². The Balaban J connectivity index is 1.14. The molecule has 164 valence electrons. The molecular weight excluding hydrogens is 403 g/mol. The molecule has 6 heteroatoms. The first-order valence-electron chi connectivity index (χ1n) is 11.1. The predicted octanol–water partition coefficient (Wildman–Crippen LogP) is 5.38. The molecule has 1 aliphatic rings. The molecule has 0 amide bonds. The predicted molar refractivity (Wildman–Crippen MR) is 123 cm³/mol. The third kappa shape index (κ3) is 4.65. The molecule has 32 heavy (non-hydrogen) atoms. The van der Waals surface area contributed by atoms with Gasteiger partial charge in [0.05, 0.1) is 18.0 Å². The van der Waals surface area contributed by atoms with E-state index in [1.807, 2.05) is 36.9 Å². The molecule has 0 saturated heterocycles. The van der Waals surface area contributed by atoms with Gasteiger partial charge in [0.15, 0.2) is 0 Å². The Bertz CT molecular complexity index is 1180. The van der Waals surface area contributed by atoms with Gasteiger partial charge in [0, 0.05) is 42.1 Å². The first kappa shape index (κ1) is 20.6. The van der Waals surface area contributed by atoms with Crippen LogP contribution in [-0.4, -0.2) is 38.9 Å². The maximum absolute atomic E-state index is 13.1. The second-order valence-electron chi connectivity index (χ2n) is 8.62. The fourth-order valence-corrected chi connectivity index (χ4v) is 4.52. The van der Waals surface area contributed by atoms with E-state index in [9.17, 15) is 4.39 Å². The highest BCUT2D eigenvalue weighted by atomic mass is 19.1. The van der Waals surface area contributed by atoms with Crippen LogP contribution in [0.5, 0.6) is 5.75 Å². The van der Waals surface area contributed by atoms with E-state index in [0.717, 1.165) is 60.0 Å². The molecule has 1 saturated carbocycles. The molecule has 0 spiro atoms. The standard InChI is InChI=1S/C26H27FN4O/c1-30(17-19-15-29-31(18-19)24-5-3-22(27)4-6-24)23-7-10-25(11-8-23)32-26-9-2-21-16-28-13-12-20(21)14-26/h2-6,9,12-16,18,23,25H,7-8,10-11,17H2,1H3. The molecule has 0 bridgehead atoms. The van der Waals surface area contributed by atoms with Gasteiger partial charge >= 0.3 is 0 Å². The number of hydrogen-bond acceptors (Lipinski definition) is 4. The molecule has 0 atom stereocenters. The second-order valence-corrected chi connectivity index (χ2v) is 8.62. The van der Waals surface area contributed by atoms with Gasteiger partial charge in [0.25, 0.3) is 0 Å². The van der Waals surface area contributed by atoms with Crippen molar-refractivity contribution in [2.24, 2.45) is 0 Å². The summed E-state index contributed by atoms with van der Waals surface area (Å²) < 4.78 is 21.2. The van der Waals surface area contributed by atoms with Crippen molar-refractivity contribution in [1.82, 2.24) is 19.7 Å². The van der Waals surface area contributed by atoms with Crippen molar-refractivity contribution < 1.29 is 9.13 Å². The van der Waals surface area contributed by atoms with Crippen molar-refractivity contribution in [2.45, 2.75) is 44.4 Å². The van der Waals surface area contributed by atoms with E-state index in [-0.39, 0.29) is 11.9 Å². The Morgan fingerprint density at radius 3 is 2.62 bits per heavy atom. The molecule has 0 radical (unpaired) electrons. The van der Waals surface area contributed by atoms with E-state index < -0.39 is 0 Å². The lowest BCUT2D eigenvalue weighted by atomic mass is 9.92. The first-order chi connectivity index (χ1) is 15.6. The third-order valence-electron chi connectivity index (χ3n) is 6.34. The first-order valence-corrected chi connectivity index (χ1v) is 11.1. The third-order valence-corrected chi connectivity index (χ3v) is 6.34. The highest BCUT2D eigenvalue weighted by Crippen LogP contribution is 2.28. The largest absolute Gasteiger partial charge is 0.490 e. The summed E-state index contributed by atoms with van der Waals surface area (Å²) in [7, 11) is 2.18. The number of pyridine rings is 1. The monoisotopic (exact) mass is 430 g/mol. The molecule has 0 aliphatic heterocycles. The zero-order valence-electron chi connectivity index (χ0n) is 18.2. The minimum absolute atomic E-state index is 0.238. The lowest BCUT2D eigenvalue weighted by molar-refractivity contribution is 0.0979. The highest BCUT2D eigenvalue weighted by Gasteiger charge is 2.25. The molecular formula is C26H27FN4O. The summed E-state index contributed by atoms with van der Waals surface area (Å²) in [6, 6.07) is 15.2. The maximum Gasteiger partial charge on any atom is 0.123 e. The summed E-state index contributed by atoms with van der Waals surface area (Å²) in [5, 5.41) is 6.73. The van der Waals surface area contributed by atoms with E-state index in [1.165, 1.54) is 12.1 Å². The van der Waals surface area contributed by atoms with Gasteiger partial charge in [-0.2, -0.15) is 5.10 Å². The van der Waals surface area contributed by atoms with Crippen molar-refractivity contribution in [1.29, 1.82) is 0 Å². The molecule has 1 aliphatic carbocycles. The minimum atomic E-state index is -0.238. The molecule has 5 rings (SSSR count). The van der Waals surface area contributed by atoms with E-state index in [0.29, 0.717) is 6.04 Å². The van der Waals surface area contributed by atoms with E-state index in [2.05, 4.69) is 34.2 Å². The number of halogens is 1. The van der Waals surface area contributed by atoms with Crippen LogP contribution in [0, 0.1) is 5.82 Å². The zero-order valence-corrected chi connectivity index (χ0v) is 18.2. The Morgan fingerprint density at radius 2 is 1.81 bits per heavy atom. The number of hydrogen-bond donors (Lipinski definition) is 0. The molecule has 2 aromatic carbocycles. The SMILES string of the molecule is CN(Cc1cnn(-c2ccc(F)cc2)c1)C1CCC(Oc2ccc3cnccc3c2)CC1. The molecule has 5 nitrogen and oxygen atoms in total. The Morgan fingerprint density at radius 1 is 1.00 bits per heavy atom. The van der Waals surface area contributed by atoms with Crippen LogP contribution in [0.25, 0.3) is 16.5 Å². The van der Waals surface area contributed by atoms with Crippen molar-refractivity contribution in [2.75, 3.05) is 7.05 Å². The van der Waals surface area contributed by atoms with E-state index >= 15 is 0 Å². The number of benzene rings is 2. The summed E-state index contributed by atoms with van der Waals surface area (Å²) in [6.07, 6.45) is 12.2. The van der Waals surface area contributed by atoms with Crippen molar-refractivity contribution >= 4 is 10.8 Å². The van der Waals surface area contributed by atoms with Gasteiger partial charge in [-0.1, -0.05) is 0 Å². The Kier molecular flexibility index (Phi) is 5.86. The topological polar surface area (TPSA) is 43.2 Å². The van der Waals surface area contributed by atoms with Gasteiger partial charge in [-0.05, 0) is 86.6 Å². The molecule has 2 aromatic heterocycles. The van der Waals surface area contributed by atoms with Crippen LogP contribution in [0.3, 0.4) is 0 Å². The van der Waals surface area contributed by atoms with Gasteiger partial charge < -0.3 is 4.74 Å². The average molecular weight is 431 g/mol. The van der Waals surface area contributed by atoms with Gasteiger partial charge in [-0.25, -0.2) is 9.07 Å². The second kappa shape index (κ2) is 9.09. The van der Waals surface area contributed by atoms with Crippen molar-refractivity contribution in [3.8, 4) is 11.4 Å². The zero-order chi connectivity index (χ0) is 21.9. The number of fused-ring (bicyclic) bond motifs is 1. The summed E-state index contributed by atoms with van der Waals surface area (Å²) in [4.78, 5) is 6.58. The van der Waals surface area contributed by atoms with Crippen LogP contribution >= 0.6 is 0 Å². The van der Waals surface area contributed by atoms with Crippen LogP contribution < -0.4 is 4.74 Å². The lowest BCUT2D eigenvalue weighted by Gasteiger charge is -2.34. The number of ether oxygens (including phenoxy) is 1. The van der Waals surface area contributed by atoms with Crippen LogP contribution in [0.2, 0.25) is 0 Å². The average Bonchev–Trinajstić information content (AvgIpc) is 3.28. The minimum Gasteiger partial charge on any atom is -0.490 e. The quantitative estimate of drug-likeness (QED) is 0.412. The van der Waals surface area contributed by atoms with Gasteiger partial charge in [0.2, 0.25) is 0 Å². The van der Waals surface area contributed by atoms with Gasteiger partial charge in [-0.3, -0.25) is 9.88 Å². The van der Waals surface area contributed by atoms with Crippen LogP contribution in [0.1, 0.15) is 31.2 Å². The number of nitrogens with zero attached hydrogens (tertiary/aromatic N) is 4. The van der Waals surface area contributed by atoms with Gasteiger partial charge in [-0.15, -0.1) is 0 Å². The summed E-state index contributed by atoms with van der Waals surface area (Å²) >= 11 is 0. The highest BCUT2D eigenvalue weighted by molar-refractivity contribution is 5.82. The molecule has 1 fully saturated rings. The normalized spacial score (nSPS) is 18.8. The van der Waals surface area contributed by atoms with Gasteiger partial charge in [0.1, 0.15) is 11.6 Å². The molecule has 0 unspecified atom stereocenters. The fourth-order valence-electron chi connectivity index (χ4n) is 4.52. The maximum atomic E-state index is 13.1.